The highest BCUT2D eigenvalue weighted by Crippen LogP contribution is 2.02. The van der Waals surface area contributed by atoms with Crippen LogP contribution in [0.2, 0.25) is 0 Å². The van der Waals surface area contributed by atoms with E-state index in [9.17, 15) is 0 Å². The number of hydrogen-bond acceptors (Lipinski definition) is 2. The molecule has 4 heteroatoms. The maximum Gasteiger partial charge on any atom is 0.0827 e. The van der Waals surface area contributed by atoms with Crippen LogP contribution in [0.4, 0.5) is 0 Å². The lowest BCUT2D eigenvalue weighted by Crippen LogP contribution is -1.98. The van der Waals surface area contributed by atoms with E-state index in [-0.39, 0.29) is 0 Å². The summed E-state index contributed by atoms with van der Waals surface area (Å²) in [6.45, 7) is 3.19. The maximum atomic E-state index is 4.12. The summed E-state index contributed by atoms with van der Waals surface area (Å²) in [5, 5.41) is 8.16. The average molecular weight is 293 g/mol. The highest BCUT2D eigenvalue weighted by Gasteiger charge is 1.98. The van der Waals surface area contributed by atoms with Crippen molar-refractivity contribution in [2.24, 2.45) is 0 Å². The quantitative estimate of drug-likeness (QED) is 0.458. The van der Waals surface area contributed by atoms with E-state index >= 15 is 0 Å². The van der Waals surface area contributed by atoms with Gasteiger partial charge in [0.1, 0.15) is 0 Å². The van der Waals surface area contributed by atoms with E-state index in [1.165, 1.54) is 19.3 Å². The van der Waals surface area contributed by atoms with Crippen molar-refractivity contribution < 1.29 is 0 Å². The molecule has 0 unspecified atom stereocenters. The summed E-state index contributed by atoms with van der Waals surface area (Å²) >= 11 is 2.35. The summed E-state index contributed by atoms with van der Waals surface area (Å²) in [5.41, 5.74) is 1.14. The Bertz CT molecular complexity index is 235. The molecule has 0 spiro atoms. The summed E-state index contributed by atoms with van der Waals surface area (Å²) in [6, 6.07) is 0. The molecule has 0 fully saturated rings. The highest BCUT2D eigenvalue weighted by molar-refractivity contribution is 14.1. The zero-order valence-corrected chi connectivity index (χ0v) is 10.2. The molecule has 1 heterocycles. The molecule has 1 rings (SSSR count). The second-order valence-corrected chi connectivity index (χ2v) is 4.20. The predicted octanol–water partition coefficient (Wildman–Crippen LogP) is 2.45. The van der Waals surface area contributed by atoms with Gasteiger partial charge in [-0.05, 0) is 12.8 Å². The van der Waals surface area contributed by atoms with Gasteiger partial charge in [0.05, 0.1) is 12.2 Å². The zero-order valence-electron chi connectivity index (χ0n) is 8.04. The minimum atomic E-state index is 0.974. The third kappa shape index (κ3) is 4.06. The molecule has 0 bridgehead atoms. The molecular weight excluding hydrogens is 277 g/mol. The van der Waals surface area contributed by atoms with Crippen LogP contribution in [-0.2, 0) is 13.0 Å². The first-order chi connectivity index (χ1) is 6.36. The standard InChI is InChI=1S/C9H16IN3/c1-2-3-4-5-9-8-13(7-6-10)12-11-9/h8H,2-7H2,1H3. The van der Waals surface area contributed by atoms with Crippen molar-refractivity contribution in [3.05, 3.63) is 11.9 Å². The molecular formula is C9H16IN3. The molecule has 1 aromatic rings. The van der Waals surface area contributed by atoms with Crippen LogP contribution in [0, 0.1) is 0 Å². The van der Waals surface area contributed by atoms with Crippen molar-refractivity contribution in [2.75, 3.05) is 4.43 Å². The molecule has 0 aliphatic heterocycles. The van der Waals surface area contributed by atoms with Gasteiger partial charge in [-0.25, -0.2) is 0 Å². The largest absolute Gasteiger partial charge is 0.252 e. The van der Waals surface area contributed by atoms with Crippen molar-refractivity contribution >= 4 is 22.6 Å². The van der Waals surface area contributed by atoms with Crippen molar-refractivity contribution in [1.82, 2.24) is 15.0 Å². The van der Waals surface area contributed by atoms with E-state index in [4.69, 9.17) is 0 Å². The number of hydrogen-bond donors (Lipinski definition) is 0. The van der Waals surface area contributed by atoms with Crippen LogP contribution >= 0.6 is 22.6 Å². The number of alkyl halides is 1. The van der Waals surface area contributed by atoms with E-state index in [2.05, 4.69) is 46.0 Å². The molecule has 0 radical (unpaired) electrons. The van der Waals surface area contributed by atoms with E-state index in [1.54, 1.807) is 0 Å². The minimum absolute atomic E-state index is 0.974. The Kier molecular flexibility index (Phi) is 5.34. The molecule has 0 aromatic carbocycles. The lowest BCUT2D eigenvalue weighted by molar-refractivity contribution is 0.636. The van der Waals surface area contributed by atoms with Crippen molar-refractivity contribution in [3.8, 4) is 0 Å². The number of unbranched alkanes of at least 4 members (excludes halogenated alkanes) is 2. The molecule has 13 heavy (non-hydrogen) atoms. The van der Waals surface area contributed by atoms with Crippen molar-refractivity contribution in [1.29, 1.82) is 0 Å². The second-order valence-electron chi connectivity index (χ2n) is 3.12. The Labute approximate surface area is 93.0 Å². The third-order valence-corrected chi connectivity index (χ3v) is 2.42. The molecule has 0 saturated heterocycles. The molecule has 0 aliphatic carbocycles. The molecule has 3 nitrogen and oxygen atoms in total. The third-order valence-electron chi connectivity index (χ3n) is 1.94. The fraction of sp³-hybridized carbons (Fsp3) is 0.778. The summed E-state index contributed by atoms with van der Waals surface area (Å²) in [4.78, 5) is 0. The van der Waals surface area contributed by atoms with Crippen LogP contribution in [0.1, 0.15) is 31.9 Å². The minimum Gasteiger partial charge on any atom is -0.252 e. The van der Waals surface area contributed by atoms with Gasteiger partial charge in [0.15, 0.2) is 0 Å². The first-order valence-electron chi connectivity index (χ1n) is 4.81. The molecule has 74 valence electrons. The number of nitrogens with zero attached hydrogens (tertiary/aromatic N) is 3. The Hall–Kier alpha value is -0.130. The molecule has 0 atom stereocenters. The Morgan fingerprint density at radius 1 is 1.46 bits per heavy atom. The fourth-order valence-electron chi connectivity index (χ4n) is 1.21. The molecule has 0 saturated carbocycles. The molecule has 0 aliphatic rings. The first kappa shape index (κ1) is 10.9. The number of aryl methyl sites for hydroxylation is 2. The van der Waals surface area contributed by atoms with Gasteiger partial charge < -0.3 is 0 Å². The zero-order chi connectivity index (χ0) is 9.52. The van der Waals surface area contributed by atoms with Gasteiger partial charge in [0.2, 0.25) is 0 Å². The molecule has 0 N–H and O–H groups in total. The van der Waals surface area contributed by atoms with E-state index in [1.807, 2.05) is 4.68 Å². The molecule has 1 aromatic heterocycles. The monoisotopic (exact) mass is 293 g/mol. The lowest BCUT2D eigenvalue weighted by Gasteiger charge is -1.93. The second kappa shape index (κ2) is 6.34. The first-order valence-corrected chi connectivity index (χ1v) is 6.34. The number of halogens is 1. The van der Waals surface area contributed by atoms with Crippen LogP contribution in [0.5, 0.6) is 0 Å². The van der Waals surface area contributed by atoms with Crippen LogP contribution in [0.25, 0.3) is 0 Å². The SMILES string of the molecule is CCCCCc1cn(CCI)nn1. The summed E-state index contributed by atoms with van der Waals surface area (Å²) < 4.78 is 3.02. The predicted molar refractivity (Wildman–Crippen MR) is 62.1 cm³/mol. The topological polar surface area (TPSA) is 30.7 Å². The van der Waals surface area contributed by atoms with E-state index in [0.717, 1.165) is 23.1 Å². The van der Waals surface area contributed by atoms with Gasteiger partial charge >= 0.3 is 0 Å². The van der Waals surface area contributed by atoms with Gasteiger partial charge in [-0.1, -0.05) is 47.6 Å². The fourth-order valence-corrected chi connectivity index (χ4v) is 1.70. The van der Waals surface area contributed by atoms with Crippen molar-refractivity contribution in [3.63, 3.8) is 0 Å². The molecule has 0 amide bonds. The summed E-state index contributed by atoms with van der Waals surface area (Å²) in [6.07, 6.45) is 6.93. The summed E-state index contributed by atoms with van der Waals surface area (Å²) in [7, 11) is 0. The number of rotatable bonds is 6. The smallest absolute Gasteiger partial charge is 0.0827 e. The lowest BCUT2D eigenvalue weighted by atomic mass is 10.2. The van der Waals surface area contributed by atoms with Crippen LogP contribution in [-0.4, -0.2) is 19.4 Å². The van der Waals surface area contributed by atoms with E-state index in [0.29, 0.717) is 0 Å². The normalized spacial score (nSPS) is 10.6. The van der Waals surface area contributed by atoms with Gasteiger partial charge in [0, 0.05) is 10.6 Å². The van der Waals surface area contributed by atoms with Gasteiger partial charge in [-0.3, -0.25) is 4.68 Å². The van der Waals surface area contributed by atoms with Gasteiger partial charge in [0.25, 0.3) is 0 Å². The van der Waals surface area contributed by atoms with Crippen molar-refractivity contribution in [2.45, 2.75) is 39.2 Å². The Morgan fingerprint density at radius 3 is 3.00 bits per heavy atom. The van der Waals surface area contributed by atoms with Crippen LogP contribution < -0.4 is 0 Å². The van der Waals surface area contributed by atoms with Gasteiger partial charge in [-0.15, -0.1) is 5.10 Å². The Balaban J connectivity index is 2.31. The maximum absolute atomic E-state index is 4.12. The Morgan fingerprint density at radius 2 is 2.31 bits per heavy atom. The highest BCUT2D eigenvalue weighted by atomic mass is 127. The van der Waals surface area contributed by atoms with Crippen LogP contribution in [0.15, 0.2) is 6.20 Å². The summed E-state index contributed by atoms with van der Waals surface area (Å²) in [5.74, 6) is 0. The van der Waals surface area contributed by atoms with Crippen LogP contribution in [0.3, 0.4) is 0 Å². The van der Waals surface area contributed by atoms with Gasteiger partial charge in [-0.2, -0.15) is 0 Å². The average Bonchev–Trinajstić information content (AvgIpc) is 2.54. The number of aromatic nitrogens is 3. The van der Waals surface area contributed by atoms with E-state index < -0.39 is 0 Å².